The van der Waals surface area contributed by atoms with Crippen LogP contribution >= 0.6 is 0 Å². The molecule has 0 fully saturated rings. The summed E-state index contributed by atoms with van der Waals surface area (Å²) in [5.41, 5.74) is 5.93. The van der Waals surface area contributed by atoms with E-state index in [1.165, 1.54) is 6.20 Å². The predicted molar refractivity (Wildman–Crippen MR) is 52.5 cm³/mol. The van der Waals surface area contributed by atoms with Crippen molar-refractivity contribution in [1.82, 2.24) is 4.98 Å². The number of ether oxygens (including phenoxy) is 1. The Hall–Kier alpha value is -1.78. The van der Waals surface area contributed by atoms with E-state index in [0.29, 0.717) is 18.1 Å². The molecule has 0 aliphatic carbocycles. The first-order valence-electron chi connectivity index (χ1n) is 4.34. The lowest BCUT2D eigenvalue weighted by atomic mass is 10.3. The minimum absolute atomic E-state index is 0.0412. The van der Waals surface area contributed by atoms with Gasteiger partial charge in [-0.05, 0) is 12.5 Å². The number of nitrogens with two attached hydrogens (primary N) is 1. The van der Waals surface area contributed by atoms with Gasteiger partial charge in [0.1, 0.15) is 0 Å². The Bertz CT molecular complexity index is 308. The molecule has 76 valence electrons. The van der Waals surface area contributed by atoms with Crippen molar-refractivity contribution in [2.75, 3.05) is 6.61 Å². The first-order valence-corrected chi connectivity index (χ1v) is 4.34. The van der Waals surface area contributed by atoms with Gasteiger partial charge in [0.2, 0.25) is 5.88 Å². The fraction of sp³-hybridized carbons (Fsp3) is 0.333. The molecule has 3 N–H and O–H groups in total. The van der Waals surface area contributed by atoms with Crippen LogP contribution in [-0.2, 0) is 0 Å². The number of oxime groups is 1. The van der Waals surface area contributed by atoms with Crippen molar-refractivity contribution in [3.63, 3.8) is 0 Å². The van der Waals surface area contributed by atoms with E-state index in [2.05, 4.69) is 10.1 Å². The second kappa shape index (κ2) is 5.06. The monoisotopic (exact) mass is 195 g/mol. The fourth-order valence-corrected chi connectivity index (χ4v) is 0.882. The predicted octanol–water partition coefficient (Wildman–Crippen LogP) is 0.965. The summed E-state index contributed by atoms with van der Waals surface area (Å²) in [7, 11) is 0. The number of hydrogen-bond acceptors (Lipinski definition) is 4. The molecular formula is C9H13N3O2. The Morgan fingerprint density at radius 2 is 2.43 bits per heavy atom. The van der Waals surface area contributed by atoms with E-state index in [1.54, 1.807) is 12.1 Å². The summed E-state index contributed by atoms with van der Waals surface area (Å²) in [6.07, 6.45) is 2.43. The van der Waals surface area contributed by atoms with Crippen molar-refractivity contribution >= 4 is 5.84 Å². The van der Waals surface area contributed by atoms with Gasteiger partial charge in [-0.15, -0.1) is 0 Å². The van der Waals surface area contributed by atoms with Gasteiger partial charge in [0.05, 0.1) is 6.61 Å². The topological polar surface area (TPSA) is 80.7 Å². The first-order chi connectivity index (χ1) is 6.77. The molecule has 14 heavy (non-hydrogen) atoms. The van der Waals surface area contributed by atoms with Crippen LogP contribution in [0.15, 0.2) is 23.5 Å². The summed E-state index contributed by atoms with van der Waals surface area (Å²) in [5.74, 6) is 0.584. The van der Waals surface area contributed by atoms with Gasteiger partial charge in [-0.25, -0.2) is 4.98 Å². The van der Waals surface area contributed by atoms with Gasteiger partial charge in [0.15, 0.2) is 5.84 Å². The Kier molecular flexibility index (Phi) is 3.72. The maximum Gasteiger partial charge on any atom is 0.213 e. The molecule has 0 aliphatic heterocycles. The van der Waals surface area contributed by atoms with Crippen molar-refractivity contribution in [1.29, 1.82) is 0 Å². The largest absolute Gasteiger partial charge is 0.478 e. The molecule has 0 aromatic carbocycles. The van der Waals surface area contributed by atoms with Gasteiger partial charge >= 0.3 is 0 Å². The molecule has 1 rings (SSSR count). The quantitative estimate of drug-likeness (QED) is 0.324. The van der Waals surface area contributed by atoms with Crippen LogP contribution in [0.5, 0.6) is 5.88 Å². The van der Waals surface area contributed by atoms with Crippen LogP contribution in [0.1, 0.15) is 18.9 Å². The SMILES string of the molecule is CCCOc1ccc(/C(N)=N/O)cn1. The minimum atomic E-state index is 0.0412. The summed E-state index contributed by atoms with van der Waals surface area (Å²) in [6, 6.07) is 3.37. The Labute approximate surface area is 82.2 Å². The van der Waals surface area contributed by atoms with Crippen molar-refractivity contribution in [3.05, 3.63) is 23.9 Å². The number of rotatable bonds is 4. The van der Waals surface area contributed by atoms with E-state index in [-0.39, 0.29) is 5.84 Å². The highest BCUT2D eigenvalue weighted by atomic mass is 16.5. The summed E-state index contributed by atoms with van der Waals surface area (Å²) in [4.78, 5) is 3.99. The molecule has 0 unspecified atom stereocenters. The van der Waals surface area contributed by atoms with Gasteiger partial charge in [-0.2, -0.15) is 0 Å². The summed E-state index contributed by atoms with van der Waals surface area (Å²) < 4.78 is 5.27. The molecule has 1 heterocycles. The Morgan fingerprint density at radius 1 is 1.64 bits per heavy atom. The molecule has 5 nitrogen and oxygen atoms in total. The average molecular weight is 195 g/mol. The molecule has 0 bridgehead atoms. The molecule has 1 aromatic heterocycles. The van der Waals surface area contributed by atoms with E-state index < -0.39 is 0 Å². The van der Waals surface area contributed by atoms with Crippen LogP contribution in [0.25, 0.3) is 0 Å². The lowest BCUT2D eigenvalue weighted by Crippen LogP contribution is -2.13. The highest BCUT2D eigenvalue weighted by Gasteiger charge is 2.00. The molecule has 0 saturated heterocycles. The van der Waals surface area contributed by atoms with E-state index >= 15 is 0 Å². The number of amidine groups is 1. The fourth-order valence-electron chi connectivity index (χ4n) is 0.882. The molecule has 0 aliphatic rings. The Balaban J connectivity index is 2.68. The smallest absolute Gasteiger partial charge is 0.213 e. The zero-order chi connectivity index (χ0) is 10.4. The number of nitrogens with zero attached hydrogens (tertiary/aromatic N) is 2. The van der Waals surface area contributed by atoms with Crippen LogP contribution in [0.4, 0.5) is 0 Å². The van der Waals surface area contributed by atoms with Crippen molar-refractivity contribution in [2.45, 2.75) is 13.3 Å². The van der Waals surface area contributed by atoms with E-state index in [1.807, 2.05) is 6.92 Å². The second-order valence-corrected chi connectivity index (χ2v) is 2.72. The molecule has 0 spiro atoms. The van der Waals surface area contributed by atoms with E-state index in [9.17, 15) is 0 Å². The van der Waals surface area contributed by atoms with Crippen LogP contribution in [0.2, 0.25) is 0 Å². The third-order valence-electron chi connectivity index (χ3n) is 1.59. The highest BCUT2D eigenvalue weighted by Crippen LogP contribution is 2.07. The number of aromatic nitrogens is 1. The van der Waals surface area contributed by atoms with E-state index in [0.717, 1.165) is 6.42 Å². The minimum Gasteiger partial charge on any atom is -0.478 e. The van der Waals surface area contributed by atoms with Crippen molar-refractivity contribution < 1.29 is 9.94 Å². The molecule has 5 heteroatoms. The van der Waals surface area contributed by atoms with Crippen LogP contribution in [0.3, 0.4) is 0 Å². The third-order valence-corrected chi connectivity index (χ3v) is 1.59. The lowest BCUT2D eigenvalue weighted by molar-refractivity contribution is 0.305. The zero-order valence-corrected chi connectivity index (χ0v) is 7.97. The molecule has 1 aromatic rings. The molecule has 0 saturated carbocycles. The van der Waals surface area contributed by atoms with Gasteiger partial charge in [0.25, 0.3) is 0 Å². The molecule has 0 radical (unpaired) electrons. The van der Waals surface area contributed by atoms with Crippen LogP contribution in [0, 0.1) is 0 Å². The highest BCUT2D eigenvalue weighted by molar-refractivity contribution is 5.96. The van der Waals surface area contributed by atoms with Crippen molar-refractivity contribution in [3.8, 4) is 5.88 Å². The maximum absolute atomic E-state index is 8.40. The molecule has 0 atom stereocenters. The maximum atomic E-state index is 8.40. The lowest BCUT2D eigenvalue weighted by Gasteiger charge is -2.03. The number of pyridine rings is 1. The third kappa shape index (κ3) is 2.62. The van der Waals surface area contributed by atoms with E-state index in [4.69, 9.17) is 15.7 Å². The summed E-state index contributed by atoms with van der Waals surface area (Å²) in [5, 5.41) is 11.3. The standard InChI is InChI=1S/C9H13N3O2/c1-2-5-14-8-4-3-7(6-11-8)9(10)12-13/h3-4,6,13H,2,5H2,1H3,(H2,10,12). The average Bonchev–Trinajstić information content (AvgIpc) is 2.26. The molecule has 0 amide bonds. The summed E-state index contributed by atoms with van der Waals surface area (Å²) >= 11 is 0. The van der Waals surface area contributed by atoms with Gasteiger partial charge in [-0.3, -0.25) is 0 Å². The van der Waals surface area contributed by atoms with Gasteiger partial charge < -0.3 is 15.7 Å². The first kappa shape index (κ1) is 10.3. The van der Waals surface area contributed by atoms with Crippen molar-refractivity contribution in [2.24, 2.45) is 10.9 Å². The number of hydrogen-bond donors (Lipinski definition) is 2. The van der Waals surface area contributed by atoms with Crippen LogP contribution in [-0.4, -0.2) is 22.6 Å². The normalized spacial score (nSPS) is 11.4. The molecular weight excluding hydrogens is 182 g/mol. The van der Waals surface area contributed by atoms with Gasteiger partial charge in [0, 0.05) is 17.8 Å². The Morgan fingerprint density at radius 3 is 2.93 bits per heavy atom. The summed E-state index contributed by atoms with van der Waals surface area (Å²) in [6.45, 7) is 2.65. The second-order valence-electron chi connectivity index (χ2n) is 2.72. The van der Waals surface area contributed by atoms with Crippen LogP contribution < -0.4 is 10.5 Å². The zero-order valence-electron chi connectivity index (χ0n) is 7.97. The van der Waals surface area contributed by atoms with Gasteiger partial charge in [-0.1, -0.05) is 12.1 Å².